The van der Waals surface area contributed by atoms with E-state index < -0.39 is 0 Å². The summed E-state index contributed by atoms with van der Waals surface area (Å²) in [6.45, 7) is 1.88. The smallest absolute Gasteiger partial charge is 0.238 e. The molecule has 1 unspecified atom stereocenters. The Kier molecular flexibility index (Phi) is 4.53. The Morgan fingerprint density at radius 1 is 0.833 bits per heavy atom. The molecule has 0 saturated carbocycles. The Morgan fingerprint density at radius 3 is 1.94 bits per heavy atom. The summed E-state index contributed by atoms with van der Waals surface area (Å²) in [5, 5.41) is 0. The van der Waals surface area contributed by atoms with Gasteiger partial charge < -0.3 is 9.47 Å². The van der Waals surface area contributed by atoms with Gasteiger partial charge in [0.05, 0.1) is 0 Å². The monoisotopic (exact) mass is 260 g/mol. The third-order valence-corrected chi connectivity index (χ3v) is 3.15. The fourth-order valence-corrected chi connectivity index (χ4v) is 1.97. The minimum absolute atomic E-state index is 0.312. The number of para-hydroxylation sites is 1. The molecular weight excluding hydrogens is 244 g/mol. The summed E-state index contributed by atoms with van der Waals surface area (Å²) in [6, 6.07) is 17.6. The molecule has 0 radical (unpaired) electrons. The van der Waals surface area contributed by atoms with Gasteiger partial charge in [-0.25, -0.2) is 0 Å². The summed E-state index contributed by atoms with van der Waals surface area (Å²) in [5.41, 5.74) is 0. The second kappa shape index (κ2) is 6.36. The Hall–Kier alpha value is -1.61. The van der Waals surface area contributed by atoms with Crippen molar-refractivity contribution in [3.8, 4) is 11.5 Å². The average Bonchev–Trinajstić information content (AvgIpc) is 2.40. The highest BCUT2D eigenvalue weighted by molar-refractivity contribution is 7.98. The van der Waals surface area contributed by atoms with Gasteiger partial charge in [-0.05, 0) is 42.7 Å². The molecule has 2 aromatic carbocycles. The molecule has 0 N–H and O–H groups in total. The third kappa shape index (κ3) is 3.70. The zero-order valence-corrected chi connectivity index (χ0v) is 11.3. The van der Waals surface area contributed by atoms with Crippen molar-refractivity contribution in [3.05, 3.63) is 54.6 Å². The Bertz CT molecular complexity index is 468. The molecule has 0 spiro atoms. The topological polar surface area (TPSA) is 18.5 Å². The Balaban J connectivity index is 1.92. The highest BCUT2D eigenvalue weighted by atomic mass is 32.2. The summed E-state index contributed by atoms with van der Waals surface area (Å²) < 4.78 is 11.3. The van der Waals surface area contributed by atoms with Crippen LogP contribution in [0.5, 0.6) is 11.5 Å². The minimum Gasteiger partial charge on any atom is -0.455 e. The van der Waals surface area contributed by atoms with Gasteiger partial charge in [-0.1, -0.05) is 18.2 Å². The maximum Gasteiger partial charge on any atom is 0.238 e. The third-order valence-electron chi connectivity index (χ3n) is 2.41. The highest BCUT2D eigenvalue weighted by Crippen LogP contribution is 2.20. The lowest BCUT2D eigenvalue weighted by molar-refractivity contribution is 0.0223. The summed E-state index contributed by atoms with van der Waals surface area (Å²) in [4.78, 5) is 1.22. The fourth-order valence-electron chi connectivity index (χ4n) is 1.56. The van der Waals surface area contributed by atoms with Crippen molar-refractivity contribution in [1.82, 2.24) is 0 Å². The molecule has 2 nitrogen and oxygen atoms in total. The largest absolute Gasteiger partial charge is 0.455 e. The first kappa shape index (κ1) is 12.8. The fraction of sp³-hybridized carbons (Fsp3) is 0.200. The van der Waals surface area contributed by atoms with E-state index in [1.165, 1.54) is 4.90 Å². The van der Waals surface area contributed by atoms with Crippen LogP contribution in [0.25, 0.3) is 0 Å². The van der Waals surface area contributed by atoms with E-state index in [-0.39, 0.29) is 6.29 Å². The van der Waals surface area contributed by atoms with Crippen molar-refractivity contribution in [3.63, 3.8) is 0 Å². The molecule has 0 amide bonds. The van der Waals surface area contributed by atoms with E-state index in [0.29, 0.717) is 0 Å². The van der Waals surface area contributed by atoms with Crippen LogP contribution < -0.4 is 9.47 Å². The van der Waals surface area contributed by atoms with Crippen LogP contribution in [0.2, 0.25) is 0 Å². The van der Waals surface area contributed by atoms with Gasteiger partial charge in [0.2, 0.25) is 6.29 Å². The maximum absolute atomic E-state index is 5.69. The van der Waals surface area contributed by atoms with E-state index in [9.17, 15) is 0 Å². The molecule has 3 heteroatoms. The van der Waals surface area contributed by atoms with E-state index >= 15 is 0 Å². The van der Waals surface area contributed by atoms with Gasteiger partial charge in [-0.2, -0.15) is 0 Å². The predicted molar refractivity (Wildman–Crippen MR) is 75.4 cm³/mol. The van der Waals surface area contributed by atoms with Crippen LogP contribution in [0.1, 0.15) is 6.92 Å². The molecule has 0 aliphatic carbocycles. The van der Waals surface area contributed by atoms with Gasteiger partial charge in [0, 0.05) is 11.8 Å². The number of benzene rings is 2. The van der Waals surface area contributed by atoms with Gasteiger partial charge in [-0.15, -0.1) is 11.8 Å². The van der Waals surface area contributed by atoms with Crippen LogP contribution in [0.15, 0.2) is 59.5 Å². The van der Waals surface area contributed by atoms with E-state index in [2.05, 4.69) is 6.26 Å². The van der Waals surface area contributed by atoms with Gasteiger partial charge in [0.15, 0.2) is 0 Å². The Labute approximate surface area is 112 Å². The lowest BCUT2D eigenvalue weighted by atomic mass is 10.3. The second-order valence-corrected chi connectivity index (χ2v) is 4.67. The highest BCUT2D eigenvalue weighted by Gasteiger charge is 2.05. The van der Waals surface area contributed by atoms with Crippen molar-refractivity contribution in [1.29, 1.82) is 0 Å². The molecule has 0 fully saturated rings. The van der Waals surface area contributed by atoms with E-state index in [0.717, 1.165) is 11.5 Å². The second-order valence-electron chi connectivity index (χ2n) is 3.79. The van der Waals surface area contributed by atoms with Gasteiger partial charge in [0.1, 0.15) is 11.5 Å². The van der Waals surface area contributed by atoms with Crippen LogP contribution in [0, 0.1) is 0 Å². The summed E-state index contributed by atoms with van der Waals surface area (Å²) in [7, 11) is 0. The zero-order chi connectivity index (χ0) is 12.8. The summed E-state index contributed by atoms with van der Waals surface area (Å²) in [6.07, 6.45) is 1.74. The van der Waals surface area contributed by atoms with E-state index in [4.69, 9.17) is 9.47 Å². The lowest BCUT2D eigenvalue weighted by Gasteiger charge is -2.16. The number of hydrogen-bond acceptors (Lipinski definition) is 3. The van der Waals surface area contributed by atoms with Gasteiger partial charge in [0.25, 0.3) is 0 Å². The molecule has 0 heterocycles. The van der Waals surface area contributed by atoms with Crippen molar-refractivity contribution in [2.45, 2.75) is 18.1 Å². The molecule has 0 aromatic heterocycles. The molecule has 94 valence electrons. The van der Waals surface area contributed by atoms with E-state index in [1.54, 1.807) is 11.8 Å². The molecular formula is C15H16O2S. The normalized spacial score (nSPS) is 11.9. The maximum atomic E-state index is 5.69. The molecule has 2 rings (SSSR count). The quantitative estimate of drug-likeness (QED) is 0.592. The lowest BCUT2D eigenvalue weighted by Crippen LogP contribution is -2.19. The summed E-state index contributed by atoms with van der Waals surface area (Å²) in [5.74, 6) is 1.63. The molecule has 0 aliphatic rings. The molecule has 1 atom stereocenters. The first-order valence-electron chi connectivity index (χ1n) is 5.80. The van der Waals surface area contributed by atoms with Crippen molar-refractivity contribution < 1.29 is 9.47 Å². The standard InChI is InChI=1S/C15H16O2S/c1-12(16-13-6-4-3-5-7-13)17-14-8-10-15(18-2)11-9-14/h3-12H,1-2H3. The number of thioether (sulfide) groups is 1. The minimum atomic E-state index is -0.312. The number of rotatable bonds is 5. The van der Waals surface area contributed by atoms with Gasteiger partial charge in [-0.3, -0.25) is 0 Å². The molecule has 0 bridgehead atoms. The first-order valence-corrected chi connectivity index (χ1v) is 7.03. The Morgan fingerprint density at radius 2 is 1.39 bits per heavy atom. The molecule has 18 heavy (non-hydrogen) atoms. The van der Waals surface area contributed by atoms with Crippen molar-refractivity contribution in [2.24, 2.45) is 0 Å². The van der Waals surface area contributed by atoms with Crippen LogP contribution in [-0.4, -0.2) is 12.5 Å². The van der Waals surface area contributed by atoms with E-state index in [1.807, 2.05) is 61.5 Å². The van der Waals surface area contributed by atoms with Crippen LogP contribution >= 0.6 is 11.8 Å². The predicted octanol–water partition coefficient (Wildman–Crippen LogP) is 4.21. The van der Waals surface area contributed by atoms with Crippen LogP contribution in [-0.2, 0) is 0 Å². The molecule has 2 aromatic rings. The average molecular weight is 260 g/mol. The van der Waals surface area contributed by atoms with Crippen molar-refractivity contribution in [2.75, 3.05) is 6.26 Å². The van der Waals surface area contributed by atoms with Crippen LogP contribution in [0.3, 0.4) is 0 Å². The number of ether oxygens (including phenoxy) is 2. The number of hydrogen-bond donors (Lipinski definition) is 0. The summed E-state index contributed by atoms with van der Waals surface area (Å²) >= 11 is 1.71. The SMILES string of the molecule is CSc1ccc(OC(C)Oc2ccccc2)cc1. The van der Waals surface area contributed by atoms with Crippen LogP contribution in [0.4, 0.5) is 0 Å². The zero-order valence-electron chi connectivity index (χ0n) is 10.5. The first-order chi connectivity index (χ1) is 8.78. The molecule has 0 saturated heterocycles. The van der Waals surface area contributed by atoms with Crippen molar-refractivity contribution >= 4 is 11.8 Å². The van der Waals surface area contributed by atoms with Gasteiger partial charge >= 0.3 is 0 Å². The molecule has 0 aliphatic heterocycles.